The van der Waals surface area contributed by atoms with Crippen LogP contribution in [0.4, 0.5) is 0 Å². The summed E-state index contributed by atoms with van der Waals surface area (Å²) in [6.45, 7) is 8.46. The molecular weight excluding hydrogens is 182 g/mol. The fraction of sp³-hybridized carbons (Fsp3) is 0.286. The molecule has 0 saturated heterocycles. The fourth-order valence-electron chi connectivity index (χ4n) is 2.00. The van der Waals surface area contributed by atoms with Crippen LogP contribution in [0.25, 0.3) is 5.70 Å². The van der Waals surface area contributed by atoms with Gasteiger partial charge in [0.1, 0.15) is 0 Å². The summed E-state index contributed by atoms with van der Waals surface area (Å²) in [5.41, 5.74) is 5.03. The molecule has 0 saturated carbocycles. The van der Waals surface area contributed by atoms with Crippen molar-refractivity contribution in [3.05, 3.63) is 53.7 Å². The topological polar surface area (TPSA) is 12.0 Å². The SMILES string of the molecule is C=C1NC(c2ccccc2)=C(C)CC1C. The Bertz CT molecular complexity index is 401. The average molecular weight is 199 g/mol. The molecular formula is C14H17N. The zero-order valence-corrected chi connectivity index (χ0v) is 9.38. The molecule has 0 fully saturated rings. The van der Waals surface area contributed by atoms with E-state index in [0.717, 1.165) is 12.1 Å². The van der Waals surface area contributed by atoms with E-state index in [1.807, 2.05) is 6.07 Å². The summed E-state index contributed by atoms with van der Waals surface area (Å²) in [6, 6.07) is 10.4. The normalized spacial score (nSPS) is 21.5. The summed E-state index contributed by atoms with van der Waals surface area (Å²) in [4.78, 5) is 0. The van der Waals surface area contributed by atoms with Gasteiger partial charge in [-0.05, 0) is 30.4 Å². The Morgan fingerprint density at radius 2 is 1.93 bits per heavy atom. The summed E-state index contributed by atoms with van der Waals surface area (Å²) in [7, 11) is 0. The lowest BCUT2D eigenvalue weighted by Gasteiger charge is -2.27. The highest BCUT2D eigenvalue weighted by molar-refractivity contribution is 5.69. The smallest absolute Gasteiger partial charge is 0.0444 e. The van der Waals surface area contributed by atoms with E-state index in [9.17, 15) is 0 Å². The Morgan fingerprint density at radius 1 is 1.27 bits per heavy atom. The van der Waals surface area contributed by atoms with Gasteiger partial charge < -0.3 is 5.32 Å². The Morgan fingerprint density at radius 3 is 2.60 bits per heavy atom. The number of allylic oxidation sites excluding steroid dienone is 2. The molecule has 0 bridgehead atoms. The molecule has 0 spiro atoms. The number of rotatable bonds is 1. The van der Waals surface area contributed by atoms with Crippen LogP contribution in [0.15, 0.2) is 48.2 Å². The molecule has 1 nitrogen and oxygen atoms in total. The fourth-order valence-corrected chi connectivity index (χ4v) is 2.00. The highest BCUT2D eigenvalue weighted by Crippen LogP contribution is 2.29. The number of hydrogen-bond acceptors (Lipinski definition) is 1. The quantitative estimate of drug-likeness (QED) is 0.729. The van der Waals surface area contributed by atoms with Crippen LogP contribution in [-0.2, 0) is 0 Å². The molecule has 1 aromatic rings. The van der Waals surface area contributed by atoms with E-state index < -0.39 is 0 Å². The van der Waals surface area contributed by atoms with Crippen molar-refractivity contribution in [1.82, 2.24) is 5.32 Å². The Labute approximate surface area is 91.5 Å². The first kappa shape index (κ1) is 10.0. The maximum atomic E-state index is 4.06. The first-order valence-electron chi connectivity index (χ1n) is 5.39. The molecule has 1 atom stereocenters. The van der Waals surface area contributed by atoms with Crippen molar-refractivity contribution >= 4 is 5.70 Å². The summed E-state index contributed by atoms with van der Waals surface area (Å²) in [5.74, 6) is 0.539. The van der Waals surface area contributed by atoms with Gasteiger partial charge in [-0.25, -0.2) is 0 Å². The van der Waals surface area contributed by atoms with Crippen molar-refractivity contribution in [1.29, 1.82) is 0 Å². The second kappa shape index (κ2) is 3.93. The number of nitrogens with one attached hydrogen (secondary N) is 1. The van der Waals surface area contributed by atoms with E-state index in [-0.39, 0.29) is 0 Å². The van der Waals surface area contributed by atoms with Crippen LogP contribution in [0.1, 0.15) is 25.8 Å². The van der Waals surface area contributed by atoms with Crippen LogP contribution >= 0.6 is 0 Å². The summed E-state index contributed by atoms with van der Waals surface area (Å²) in [6.07, 6.45) is 1.11. The van der Waals surface area contributed by atoms with Crippen LogP contribution < -0.4 is 5.32 Å². The monoisotopic (exact) mass is 199 g/mol. The maximum Gasteiger partial charge on any atom is 0.0444 e. The van der Waals surface area contributed by atoms with Crippen LogP contribution in [0.5, 0.6) is 0 Å². The van der Waals surface area contributed by atoms with E-state index >= 15 is 0 Å². The molecule has 78 valence electrons. The molecule has 0 aliphatic carbocycles. The molecule has 1 aromatic carbocycles. The molecule has 0 radical (unpaired) electrons. The van der Waals surface area contributed by atoms with Crippen molar-refractivity contribution in [3.63, 3.8) is 0 Å². The van der Waals surface area contributed by atoms with Gasteiger partial charge in [0.25, 0.3) is 0 Å². The average Bonchev–Trinajstić information content (AvgIpc) is 2.25. The lowest BCUT2D eigenvalue weighted by molar-refractivity contribution is 0.618. The Kier molecular flexibility index (Phi) is 2.63. The van der Waals surface area contributed by atoms with Crippen molar-refractivity contribution in [3.8, 4) is 0 Å². The third-order valence-electron chi connectivity index (χ3n) is 2.98. The van der Waals surface area contributed by atoms with Crippen molar-refractivity contribution in [2.45, 2.75) is 20.3 Å². The minimum atomic E-state index is 0.539. The van der Waals surface area contributed by atoms with Crippen molar-refractivity contribution in [2.75, 3.05) is 0 Å². The van der Waals surface area contributed by atoms with Gasteiger partial charge in [-0.15, -0.1) is 0 Å². The van der Waals surface area contributed by atoms with E-state index in [2.05, 4.69) is 50.0 Å². The largest absolute Gasteiger partial charge is 0.359 e. The van der Waals surface area contributed by atoms with Gasteiger partial charge in [0.15, 0.2) is 0 Å². The molecule has 1 heterocycles. The number of benzene rings is 1. The van der Waals surface area contributed by atoms with Crippen LogP contribution in [0.3, 0.4) is 0 Å². The molecule has 1 aliphatic rings. The van der Waals surface area contributed by atoms with Gasteiger partial charge in [0.2, 0.25) is 0 Å². The predicted octanol–water partition coefficient (Wildman–Crippen LogP) is 3.56. The molecule has 1 unspecified atom stereocenters. The van der Waals surface area contributed by atoms with Crippen LogP contribution in [-0.4, -0.2) is 0 Å². The van der Waals surface area contributed by atoms with E-state index in [1.165, 1.54) is 16.8 Å². The van der Waals surface area contributed by atoms with E-state index in [0.29, 0.717) is 5.92 Å². The molecule has 1 heteroatoms. The van der Waals surface area contributed by atoms with Gasteiger partial charge in [0.05, 0.1) is 0 Å². The minimum absolute atomic E-state index is 0.539. The molecule has 1 N–H and O–H groups in total. The molecule has 0 amide bonds. The van der Waals surface area contributed by atoms with Gasteiger partial charge in [-0.1, -0.05) is 43.8 Å². The third-order valence-corrected chi connectivity index (χ3v) is 2.98. The van der Waals surface area contributed by atoms with Gasteiger partial charge in [0, 0.05) is 11.4 Å². The summed E-state index contributed by atoms with van der Waals surface area (Å²) < 4.78 is 0. The molecule has 0 aromatic heterocycles. The first-order chi connectivity index (χ1) is 7.18. The summed E-state index contributed by atoms with van der Waals surface area (Å²) >= 11 is 0. The Hall–Kier alpha value is -1.50. The molecule has 1 aliphatic heterocycles. The maximum absolute atomic E-state index is 4.06. The molecule has 15 heavy (non-hydrogen) atoms. The van der Waals surface area contributed by atoms with Crippen LogP contribution in [0, 0.1) is 5.92 Å². The summed E-state index contributed by atoms with van der Waals surface area (Å²) in [5, 5.41) is 3.42. The lowest BCUT2D eigenvalue weighted by Crippen LogP contribution is -2.23. The highest BCUT2D eigenvalue weighted by atomic mass is 14.9. The highest BCUT2D eigenvalue weighted by Gasteiger charge is 2.18. The second-order valence-electron chi connectivity index (χ2n) is 4.28. The van der Waals surface area contributed by atoms with E-state index in [4.69, 9.17) is 0 Å². The zero-order chi connectivity index (χ0) is 10.8. The zero-order valence-electron chi connectivity index (χ0n) is 9.38. The minimum Gasteiger partial charge on any atom is -0.359 e. The number of hydrogen-bond donors (Lipinski definition) is 1. The van der Waals surface area contributed by atoms with Crippen LogP contribution in [0.2, 0.25) is 0 Å². The standard InChI is InChI=1S/C14H17N/c1-10-9-11(2)14(15-12(10)3)13-7-5-4-6-8-13/h4-8,10,15H,3,9H2,1-2H3. The second-order valence-corrected chi connectivity index (χ2v) is 4.28. The van der Waals surface area contributed by atoms with Gasteiger partial charge in [-0.3, -0.25) is 0 Å². The molecule has 2 rings (SSSR count). The van der Waals surface area contributed by atoms with Gasteiger partial charge in [-0.2, -0.15) is 0 Å². The Balaban J connectivity index is 2.37. The third kappa shape index (κ3) is 1.96. The predicted molar refractivity (Wildman–Crippen MR) is 65.1 cm³/mol. The van der Waals surface area contributed by atoms with Crippen molar-refractivity contribution < 1.29 is 0 Å². The lowest BCUT2D eigenvalue weighted by atomic mass is 9.91. The van der Waals surface area contributed by atoms with Gasteiger partial charge >= 0.3 is 0 Å². The first-order valence-corrected chi connectivity index (χ1v) is 5.39. The van der Waals surface area contributed by atoms with Crippen molar-refractivity contribution in [2.24, 2.45) is 5.92 Å². The van der Waals surface area contributed by atoms with E-state index in [1.54, 1.807) is 0 Å².